The molecule has 0 radical (unpaired) electrons. The first-order valence-electron chi connectivity index (χ1n) is 9.33. The monoisotopic (exact) mass is 402 g/mol. The second kappa shape index (κ2) is 8.86. The molecule has 2 aromatic rings. The lowest BCUT2D eigenvalue weighted by molar-refractivity contribution is 0.0342. The third kappa shape index (κ3) is 5.41. The molecule has 28 heavy (non-hydrogen) atoms. The number of hydrogen-bond acceptors (Lipinski definition) is 5. The van der Waals surface area contributed by atoms with Gasteiger partial charge in [-0.1, -0.05) is 24.3 Å². The highest BCUT2D eigenvalue weighted by atomic mass is 32.2. The summed E-state index contributed by atoms with van der Waals surface area (Å²) in [5.41, 5.74) is 2.62. The van der Waals surface area contributed by atoms with Gasteiger partial charge in [-0.2, -0.15) is 0 Å². The van der Waals surface area contributed by atoms with Crippen LogP contribution in [0.4, 0.5) is 0 Å². The highest BCUT2D eigenvalue weighted by molar-refractivity contribution is 7.90. The van der Waals surface area contributed by atoms with E-state index in [1.54, 1.807) is 24.3 Å². The van der Waals surface area contributed by atoms with E-state index in [-0.39, 0.29) is 16.8 Å². The number of carbonyl (C=O) groups is 1. The summed E-state index contributed by atoms with van der Waals surface area (Å²) >= 11 is 0. The second-order valence-corrected chi connectivity index (χ2v) is 9.14. The van der Waals surface area contributed by atoms with Crippen LogP contribution in [0.3, 0.4) is 0 Å². The van der Waals surface area contributed by atoms with Crippen molar-refractivity contribution >= 4 is 15.7 Å². The number of benzene rings is 2. The first-order chi connectivity index (χ1) is 13.3. The van der Waals surface area contributed by atoms with E-state index in [0.717, 1.165) is 38.4 Å². The Labute approximate surface area is 166 Å². The molecule has 3 rings (SSSR count). The van der Waals surface area contributed by atoms with Crippen molar-refractivity contribution in [2.45, 2.75) is 24.4 Å². The minimum absolute atomic E-state index is 0.155. The third-order valence-electron chi connectivity index (χ3n) is 4.88. The molecule has 1 atom stereocenters. The van der Waals surface area contributed by atoms with Gasteiger partial charge >= 0.3 is 0 Å². The predicted molar refractivity (Wildman–Crippen MR) is 108 cm³/mol. The Morgan fingerprint density at radius 2 is 1.68 bits per heavy atom. The van der Waals surface area contributed by atoms with Gasteiger partial charge in [0.25, 0.3) is 5.91 Å². The first-order valence-corrected chi connectivity index (χ1v) is 11.2. The van der Waals surface area contributed by atoms with Crippen molar-refractivity contribution in [2.24, 2.45) is 0 Å². The van der Waals surface area contributed by atoms with E-state index < -0.39 is 9.84 Å². The molecule has 1 heterocycles. The Morgan fingerprint density at radius 1 is 1.07 bits per heavy atom. The summed E-state index contributed by atoms with van der Waals surface area (Å²) < 4.78 is 28.5. The molecule has 1 aliphatic heterocycles. The van der Waals surface area contributed by atoms with Crippen molar-refractivity contribution in [1.29, 1.82) is 0 Å². The van der Waals surface area contributed by atoms with E-state index in [1.165, 1.54) is 11.8 Å². The summed E-state index contributed by atoms with van der Waals surface area (Å²) in [6, 6.07) is 14.0. The van der Waals surface area contributed by atoms with Crippen LogP contribution in [0.15, 0.2) is 53.4 Å². The van der Waals surface area contributed by atoms with Crippen LogP contribution < -0.4 is 5.32 Å². The normalized spacial score (nSPS) is 16.5. The van der Waals surface area contributed by atoms with Gasteiger partial charge in [0, 0.05) is 31.5 Å². The quantitative estimate of drug-likeness (QED) is 0.803. The van der Waals surface area contributed by atoms with E-state index in [9.17, 15) is 13.2 Å². The van der Waals surface area contributed by atoms with Crippen LogP contribution in [0.1, 0.15) is 34.5 Å². The van der Waals surface area contributed by atoms with Gasteiger partial charge in [-0.05, 0) is 42.3 Å². The molecule has 1 amide bonds. The molecule has 1 fully saturated rings. The van der Waals surface area contributed by atoms with E-state index in [2.05, 4.69) is 10.2 Å². The number of nitrogens with zero attached hydrogens (tertiary/aromatic N) is 1. The molecule has 1 saturated heterocycles. The molecule has 1 aliphatic rings. The van der Waals surface area contributed by atoms with Gasteiger partial charge in [0.05, 0.1) is 24.2 Å². The number of ether oxygens (including phenoxy) is 1. The van der Waals surface area contributed by atoms with Crippen LogP contribution in [-0.2, 0) is 21.1 Å². The third-order valence-corrected chi connectivity index (χ3v) is 6.01. The standard InChI is InChI=1S/C21H26N2O4S/c1-16(18-7-9-20(10-8-18)28(2,25)26)22-21(24)19-5-3-17(4-6-19)15-23-11-13-27-14-12-23/h3-10,16H,11-15H2,1-2H3,(H,22,24)/t16-/m0/s1. The van der Waals surface area contributed by atoms with Gasteiger partial charge in [0.2, 0.25) is 0 Å². The Kier molecular flexibility index (Phi) is 6.49. The van der Waals surface area contributed by atoms with Gasteiger partial charge < -0.3 is 10.1 Å². The van der Waals surface area contributed by atoms with Gasteiger partial charge in [-0.15, -0.1) is 0 Å². The lowest BCUT2D eigenvalue weighted by atomic mass is 10.1. The summed E-state index contributed by atoms with van der Waals surface area (Å²) in [6.45, 7) is 6.12. The molecule has 6 nitrogen and oxygen atoms in total. The van der Waals surface area contributed by atoms with Crippen molar-refractivity contribution in [3.63, 3.8) is 0 Å². The van der Waals surface area contributed by atoms with Crippen molar-refractivity contribution in [3.8, 4) is 0 Å². The number of sulfone groups is 1. The highest BCUT2D eigenvalue weighted by Gasteiger charge is 2.14. The fourth-order valence-corrected chi connectivity index (χ4v) is 3.78. The first kappa shape index (κ1) is 20.5. The predicted octanol–water partition coefficient (Wildman–Crippen LogP) is 2.41. The minimum Gasteiger partial charge on any atom is -0.379 e. The zero-order chi connectivity index (χ0) is 20.1. The summed E-state index contributed by atoms with van der Waals surface area (Å²) in [4.78, 5) is 15.1. The molecule has 0 saturated carbocycles. The van der Waals surface area contributed by atoms with E-state index >= 15 is 0 Å². The molecule has 0 aliphatic carbocycles. The summed E-state index contributed by atoms with van der Waals surface area (Å²) in [5, 5.41) is 2.96. The van der Waals surface area contributed by atoms with E-state index in [0.29, 0.717) is 5.56 Å². The molecular weight excluding hydrogens is 376 g/mol. The molecule has 0 spiro atoms. The van der Waals surface area contributed by atoms with Crippen LogP contribution in [-0.4, -0.2) is 51.8 Å². The smallest absolute Gasteiger partial charge is 0.251 e. The van der Waals surface area contributed by atoms with Crippen molar-refractivity contribution in [3.05, 3.63) is 65.2 Å². The number of hydrogen-bond donors (Lipinski definition) is 1. The fourth-order valence-electron chi connectivity index (χ4n) is 3.15. The number of amides is 1. The maximum Gasteiger partial charge on any atom is 0.251 e. The van der Waals surface area contributed by atoms with Gasteiger partial charge in [-0.25, -0.2) is 8.42 Å². The van der Waals surface area contributed by atoms with Crippen molar-refractivity contribution < 1.29 is 17.9 Å². The molecule has 1 N–H and O–H groups in total. The summed E-state index contributed by atoms with van der Waals surface area (Å²) in [6.07, 6.45) is 1.18. The maximum atomic E-state index is 12.5. The summed E-state index contributed by atoms with van der Waals surface area (Å²) in [7, 11) is -3.22. The fraction of sp³-hybridized carbons (Fsp3) is 0.381. The Bertz CT molecular complexity index is 902. The van der Waals surface area contributed by atoms with Crippen LogP contribution in [0.5, 0.6) is 0 Å². The van der Waals surface area contributed by atoms with Crippen molar-refractivity contribution in [1.82, 2.24) is 10.2 Å². The van der Waals surface area contributed by atoms with Crippen LogP contribution in [0.2, 0.25) is 0 Å². The zero-order valence-corrected chi connectivity index (χ0v) is 17.0. The van der Waals surface area contributed by atoms with Crippen LogP contribution in [0, 0.1) is 0 Å². The van der Waals surface area contributed by atoms with Gasteiger partial charge in [0.1, 0.15) is 0 Å². The molecule has 0 unspecified atom stereocenters. The number of rotatable bonds is 6. The van der Waals surface area contributed by atoms with Crippen LogP contribution in [0.25, 0.3) is 0 Å². The van der Waals surface area contributed by atoms with Crippen molar-refractivity contribution in [2.75, 3.05) is 32.6 Å². The molecule has 0 aromatic heterocycles. The van der Waals surface area contributed by atoms with E-state index in [1.807, 2.05) is 31.2 Å². The van der Waals surface area contributed by atoms with Gasteiger partial charge in [-0.3, -0.25) is 9.69 Å². The molecule has 7 heteroatoms. The maximum absolute atomic E-state index is 12.5. The van der Waals surface area contributed by atoms with Crippen LogP contribution >= 0.6 is 0 Å². The zero-order valence-electron chi connectivity index (χ0n) is 16.2. The molecular formula is C21H26N2O4S. The minimum atomic E-state index is -3.22. The number of morpholine rings is 1. The average Bonchev–Trinajstić information content (AvgIpc) is 2.68. The number of carbonyl (C=O) groups excluding carboxylic acids is 1. The Balaban J connectivity index is 1.59. The molecule has 150 valence electrons. The summed E-state index contributed by atoms with van der Waals surface area (Å²) in [5.74, 6) is -0.155. The second-order valence-electron chi connectivity index (χ2n) is 7.12. The average molecular weight is 403 g/mol. The molecule has 2 aromatic carbocycles. The molecule has 0 bridgehead atoms. The highest BCUT2D eigenvalue weighted by Crippen LogP contribution is 2.17. The topological polar surface area (TPSA) is 75.7 Å². The largest absolute Gasteiger partial charge is 0.379 e. The van der Waals surface area contributed by atoms with Gasteiger partial charge in [0.15, 0.2) is 9.84 Å². The lowest BCUT2D eigenvalue weighted by Gasteiger charge is -2.26. The SMILES string of the molecule is C[C@H](NC(=O)c1ccc(CN2CCOCC2)cc1)c1ccc(S(C)(=O)=O)cc1. The Morgan fingerprint density at radius 3 is 2.25 bits per heavy atom. The Hall–Kier alpha value is -2.22. The lowest BCUT2D eigenvalue weighted by Crippen LogP contribution is -2.35. The van der Waals surface area contributed by atoms with E-state index in [4.69, 9.17) is 4.74 Å². The number of nitrogens with one attached hydrogen (secondary N) is 1.